The van der Waals surface area contributed by atoms with Crippen molar-refractivity contribution in [1.29, 1.82) is 5.41 Å². The number of halogens is 1. The van der Waals surface area contributed by atoms with E-state index in [4.69, 9.17) is 16.9 Å². The van der Waals surface area contributed by atoms with Gasteiger partial charge in [0.05, 0.1) is 11.6 Å². The maximum Gasteiger partial charge on any atom is 0.229 e. The smallest absolute Gasteiger partial charge is 0.229 e. The Morgan fingerprint density at radius 3 is 2.55 bits per heavy atom. The molecule has 29 heavy (non-hydrogen) atoms. The number of hydrogen-bond donors (Lipinski definition) is 4. The molecular weight excluding hydrogens is 373 g/mol. The third kappa shape index (κ3) is 3.52. The predicted octanol–water partition coefficient (Wildman–Crippen LogP) is 1.17. The van der Waals surface area contributed by atoms with Crippen LogP contribution in [0.5, 0.6) is 0 Å². The number of nitrogens with zero attached hydrogens (tertiary/aromatic N) is 3. The summed E-state index contributed by atoms with van der Waals surface area (Å²) in [5.41, 5.74) is 13.6. The van der Waals surface area contributed by atoms with Crippen molar-refractivity contribution in [2.45, 2.75) is 37.5 Å². The van der Waals surface area contributed by atoms with Gasteiger partial charge in [0.2, 0.25) is 5.91 Å². The lowest BCUT2D eigenvalue weighted by Gasteiger charge is -2.42. The molecule has 0 radical (unpaired) electrons. The lowest BCUT2D eigenvalue weighted by molar-refractivity contribution is -0.138. The predicted molar refractivity (Wildman–Crippen MR) is 110 cm³/mol. The number of aromatic nitrogens is 1. The minimum Gasteiger partial charge on any atom is -0.405 e. The second-order valence-corrected chi connectivity index (χ2v) is 7.76. The number of nitrogens with two attached hydrogens (primary N) is 2. The molecule has 2 saturated heterocycles. The molecule has 1 saturated carbocycles. The summed E-state index contributed by atoms with van der Waals surface area (Å²) in [5.74, 6) is 0.171. The van der Waals surface area contributed by atoms with E-state index in [2.05, 4.69) is 14.9 Å². The molecule has 0 aromatic carbocycles. The van der Waals surface area contributed by atoms with Gasteiger partial charge in [-0.05, 0) is 37.6 Å². The highest BCUT2D eigenvalue weighted by Crippen LogP contribution is 2.40. The third-order valence-electron chi connectivity index (χ3n) is 5.97. The maximum absolute atomic E-state index is 13.4. The Morgan fingerprint density at radius 1 is 1.31 bits per heavy atom. The number of H-pyrrole nitrogens is 1. The summed E-state index contributed by atoms with van der Waals surface area (Å²) < 4.78 is 13.4. The first-order valence-corrected chi connectivity index (χ1v) is 9.84. The van der Waals surface area contributed by atoms with E-state index in [-0.39, 0.29) is 18.0 Å². The number of nitrogens with one attached hydrogen (secondary N) is 2. The number of aromatic amines is 1. The van der Waals surface area contributed by atoms with Gasteiger partial charge in [-0.1, -0.05) is 0 Å². The number of piperazine rings is 1. The number of aliphatic imine (C=N–C) groups is 1. The van der Waals surface area contributed by atoms with Crippen molar-refractivity contribution in [2.24, 2.45) is 22.4 Å². The molecule has 4 atom stereocenters. The van der Waals surface area contributed by atoms with Gasteiger partial charge < -0.3 is 26.3 Å². The van der Waals surface area contributed by atoms with E-state index in [0.717, 1.165) is 36.0 Å². The molecule has 154 valence electrons. The number of allylic oxidation sites excluding steroid dienone is 2. The molecule has 3 fully saturated rings. The monoisotopic (exact) mass is 399 g/mol. The van der Waals surface area contributed by atoms with Crippen molar-refractivity contribution >= 4 is 23.7 Å². The molecule has 2 unspecified atom stereocenters. The van der Waals surface area contributed by atoms with E-state index in [1.165, 1.54) is 12.4 Å². The second kappa shape index (κ2) is 7.73. The Bertz CT molecular complexity index is 875. The first-order chi connectivity index (χ1) is 14.1. The average Bonchev–Trinajstić information content (AvgIpc) is 3.15. The van der Waals surface area contributed by atoms with E-state index in [1.54, 1.807) is 6.08 Å². The van der Waals surface area contributed by atoms with E-state index in [0.29, 0.717) is 25.3 Å². The average molecular weight is 399 g/mol. The number of likely N-dealkylation sites (tertiary alicyclic amines) is 1. The van der Waals surface area contributed by atoms with E-state index in [9.17, 15) is 9.18 Å². The van der Waals surface area contributed by atoms with E-state index in [1.807, 2.05) is 17.2 Å². The van der Waals surface area contributed by atoms with Crippen molar-refractivity contribution in [3.05, 3.63) is 42.0 Å². The van der Waals surface area contributed by atoms with Crippen molar-refractivity contribution in [3.8, 4) is 0 Å². The van der Waals surface area contributed by atoms with Gasteiger partial charge in [-0.15, -0.1) is 0 Å². The Hall–Kier alpha value is -3.10. The van der Waals surface area contributed by atoms with Crippen LogP contribution in [0.3, 0.4) is 0 Å². The first kappa shape index (κ1) is 19.2. The number of rotatable bonds is 5. The lowest BCUT2D eigenvalue weighted by Crippen LogP contribution is -2.57. The largest absolute Gasteiger partial charge is 0.405 e. The highest BCUT2D eigenvalue weighted by molar-refractivity contribution is 6.02. The molecule has 3 aliphatic rings. The van der Waals surface area contributed by atoms with Gasteiger partial charge in [0.15, 0.2) is 5.84 Å². The molecule has 2 aliphatic heterocycles. The highest BCUT2D eigenvalue weighted by atomic mass is 19.1. The quantitative estimate of drug-likeness (QED) is 0.337. The van der Waals surface area contributed by atoms with Gasteiger partial charge in [0.1, 0.15) is 12.5 Å². The second-order valence-electron chi connectivity index (χ2n) is 7.76. The van der Waals surface area contributed by atoms with Crippen LogP contribution < -0.4 is 11.5 Å². The van der Waals surface area contributed by atoms with Crippen molar-refractivity contribution < 1.29 is 9.18 Å². The Morgan fingerprint density at radius 2 is 2.00 bits per heavy atom. The van der Waals surface area contributed by atoms with E-state index >= 15 is 0 Å². The number of carbonyl (C=O) groups excluding carboxylic acids is 1. The van der Waals surface area contributed by atoms with Crippen LogP contribution in [0.15, 0.2) is 35.7 Å². The molecule has 4 rings (SSSR count). The number of amidine groups is 1. The summed E-state index contributed by atoms with van der Waals surface area (Å²) in [6, 6.07) is 2.02. The molecule has 1 aliphatic carbocycles. The van der Waals surface area contributed by atoms with Crippen LogP contribution in [0.2, 0.25) is 0 Å². The third-order valence-corrected chi connectivity index (χ3v) is 5.97. The fourth-order valence-electron chi connectivity index (χ4n) is 4.47. The molecule has 1 aromatic rings. The summed E-state index contributed by atoms with van der Waals surface area (Å²) in [7, 11) is 0. The topological polar surface area (TPSA) is 128 Å². The Kier molecular flexibility index (Phi) is 5.12. The number of amides is 1. The Balaban J connectivity index is 1.54. The number of alkyl halides is 1. The van der Waals surface area contributed by atoms with Gasteiger partial charge in [0, 0.05) is 48.7 Å². The standard InChI is InChI=1S/C20H26FN7O/c21-17-6-16(17)20(29)28-14-1-2-15(28)10-27(9-14)19(26-11-24)18-5-13(8-25-18)12(7-23)3-4-22/h3-5,7-8,11,14-17,24-25H,1-2,6,9-10,22-23H2/b4-3-,12-7+,24-11?,26-19?/t14?,15?,16-,17-/m1/s1. The van der Waals surface area contributed by atoms with Crippen LogP contribution in [-0.2, 0) is 4.79 Å². The van der Waals surface area contributed by atoms with Gasteiger partial charge in [-0.2, -0.15) is 0 Å². The molecule has 8 nitrogen and oxygen atoms in total. The molecule has 6 N–H and O–H groups in total. The molecule has 1 amide bonds. The van der Waals surface area contributed by atoms with Crippen LogP contribution >= 0.6 is 0 Å². The fraction of sp³-hybridized carbons (Fsp3) is 0.450. The van der Waals surface area contributed by atoms with Crippen LogP contribution in [0.1, 0.15) is 30.5 Å². The Labute approximate surface area is 168 Å². The number of fused-ring (bicyclic) bond motifs is 2. The highest BCUT2D eigenvalue weighted by Gasteiger charge is 2.51. The molecule has 1 aromatic heterocycles. The molecular formula is C20H26FN7O. The first-order valence-electron chi connectivity index (χ1n) is 9.84. The zero-order valence-electron chi connectivity index (χ0n) is 16.1. The van der Waals surface area contributed by atoms with Crippen LogP contribution in [-0.4, -0.2) is 64.2 Å². The molecule has 9 heteroatoms. The van der Waals surface area contributed by atoms with Gasteiger partial charge in [-0.3, -0.25) is 10.2 Å². The van der Waals surface area contributed by atoms with Crippen molar-refractivity contribution in [2.75, 3.05) is 13.1 Å². The number of hydrogen-bond acceptors (Lipinski definition) is 4. The molecule has 3 heterocycles. The summed E-state index contributed by atoms with van der Waals surface area (Å²) in [6.45, 7) is 1.24. The minimum absolute atomic E-state index is 0.0383. The molecule has 0 spiro atoms. The van der Waals surface area contributed by atoms with E-state index < -0.39 is 12.1 Å². The zero-order chi connectivity index (χ0) is 20.5. The summed E-state index contributed by atoms with van der Waals surface area (Å²) in [6.07, 6.45) is 8.65. The summed E-state index contributed by atoms with van der Waals surface area (Å²) >= 11 is 0. The summed E-state index contributed by atoms with van der Waals surface area (Å²) in [5, 5.41) is 7.49. The number of carbonyl (C=O) groups is 1. The van der Waals surface area contributed by atoms with Gasteiger partial charge in [0.25, 0.3) is 0 Å². The SMILES string of the molecule is N=CN=C(c1cc(C(/C=C\N)=C/N)c[nH]1)N1CC2CCC(C1)N2C(=O)[C@@H]1C[C@H]1F. The summed E-state index contributed by atoms with van der Waals surface area (Å²) in [4.78, 5) is 24.1. The van der Waals surface area contributed by atoms with Crippen molar-refractivity contribution in [1.82, 2.24) is 14.8 Å². The minimum atomic E-state index is -0.973. The van der Waals surface area contributed by atoms with Crippen LogP contribution in [0.4, 0.5) is 4.39 Å². The van der Waals surface area contributed by atoms with Crippen LogP contribution in [0.25, 0.3) is 5.57 Å². The zero-order valence-corrected chi connectivity index (χ0v) is 16.1. The van der Waals surface area contributed by atoms with Gasteiger partial charge in [-0.25, -0.2) is 9.38 Å². The normalized spacial score (nSPS) is 29.6. The van der Waals surface area contributed by atoms with Gasteiger partial charge >= 0.3 is 0 Å². The molecule has 2 bridgehead atoms. The maximum atomic E-state index is 13.4. The van der Waals surface area contributed by atoms with Crippen LogP contribution in [0, 0.1) is 11.3 Å². The van der Waals surface area contributed by atoms with Crippen molar-refractivity contribution in [3.63, 3.8) is 0 Å². The lowest BCUT2D eigenvalue weighted by atomic mass is 10.1. The fourth-order valence-corrected chi connectivity index (χ4v) is 4.47.